The zero-order valence-electron chi connectivity index (χ0n) is 10.9. The fraction of sp³-hybridized carbons (Fsp3) is 0.933. The highest BCUT2D eigenvalue weighted by molar-refractivity contribution is 5.84. The third kappa shape index (κ3) is 2.05. The summed E-state index contributed by atoms with van der Waals surface area (Å²) in [5.41, 5.74) is 0.125. The van der Waals surface area contributed by atoms with Crippen molar-refractivity contribution < 1.29 is 9.53 Å². The van der Waals surface area contributed by atoms with Gasteiger partial charge in [0, 0.05) is 18.4 Å². The second kappa shape index (κ2) is 4.38. The summed E-state index contributed by atoms with van der Waals surface area (Å²) in [6, 6.07) is 0. The van der Waals surface area contributed by atoms with E-state index in [1.54, 1.807) is 0 Å². The van der Waals surface area contributed by atoms with Crippen LogP contribution in [0.2, 0.25) is 0 Å². The first kappa shape index (κ1) is 11.7. The SMILES string of the molecule is CC1CCCC1C(=O)C1CCOC2(CCC2)C1. The van der Waals surface area contributed by atoms with Crippen molar-refractivity contribution >= 4 is 5.78 Å². The van der Waals surface area contributed by atoms with E-state index >= 15 is 0 Å². The molecule has 1 heterocycles. The van der Waals surface area contributed by atoms with E-state index in [2.05, 4.69) is 6.92 Å². The van der Waals surface area contributed by atoms with Crippen LogP contribution in [0, 0.1) is 17.8 Å². The molecular formula is C15H24O2. The first-order valence-electron chi connectivity index (χ1n) is 7.38. The van der Waals surface area contributed by atoms with Gasteiger partial charge in [0.2, 0.25) is 0 Å². The summed E-state index contributed by atoms with van der Waals surface area (Å²) in [5.74, 6) is 1.89. The highest BCUT2D eigenvalue weighted by Gasteiger charge is 2.46. The molecule has 1 spiro atoms. The molecule has 3 rings (SSSR count). The van der Waals surface area contributed by atoms with Gasteiger partial charge in [-0.15, -0.1) is 0 Å². The second-order valence-corrected chi connectivity index (χ2v) is 6.49. The number of hydrogen-bond acceptors (Lipinski definition) is 2. The van der Waals surface area contributed by atoms with Crippen LogP contribution in [0.4, 0.5) is 0 Å². The fourth-order valence-electron chi connectivity index (χ4n) is 4.06. The molecule has 0 N–H and O–H groups in total. The number of carbonyl (C=O) groups excluding carboxylic acids is 1. The highest BCUT2D eigenvalue weighted by atomic mass is 16.5. The molecule has 3 fully saturated rings. The molecule has 2 saturated carbocycles. The molecule has 0 radical (unpaired) electrons. The molecule has 0 aromatic heterocycles. The van der Waals surface area contributed by atoms with Crippen molar-refractivity contribution in [3.63, 3.8) is 0 Å². The quantitative estimate of drug-likeness (QED) is 0.735. The van der Waals surface area contributed by atoms with Crippen molar-refractivity contribution in [2.24, 2.45) is 17.8 Å². The van der Waals surface area contributed by atoms with E-state index in [-0.39, 0.29) is 5.60 Å². The van der Waals surface area contributed by atoms with Crippen LogP contribution in [0.1, 0.15) is 58.3 Å². The Balaban J connectivity index is 1.65. The average Bonchev–Trinajstić information content (AvgIpc) is 2.73. The Labute approximate surface area is 104 Å². The normalized spacial score (nSPS) is 40.2. The van der Waals surface area contributed by atoms with Crippen LogP contribution < -0.4 is 0 Å². The van der Waals surface area contributed by atoms with Crippen LogP contribution in [0.3, 0.4) is 0 Å². The molecule has 96 valence electrons. The molecule has 3 atom stereocenters. The smallest absolute Gasteiger partial charge is 0.139 e. The average molecular weight is 236 g/mol. The predicted molar refractivity (Wildman–Crippen MR) is 66.8 cm³/mol. The Morgan fingerprint density at radius 1 is 1.18 bits per heavy atom. The van der Waals surface area contributed by atoms with Gasteiger partial charge in [-0.1, -0.05) is 13.3 Å². The van der Waals surface area contributed by atoms with E-state index in [9.17, 15) is 4.79 Å². The van der Waals surface area contributed by atoms with Crippen molar-refractivity contribution in [3.8, 4) is 0 Å². The molecule has 0 amide bonds. The summed E-state index contributed by atoms with van der Waals surface area (Å²) < 4.78 is 5.92. The van der Waals surface area contributed by atoms with E-state index in [0.29, 0.717) is 23.5 Å². The van der Waals surface area contributed by atoms with Crippen molar-refractivity contribution in [3.05, 3.63) is 0 Å². The van der Waals surface area contributed by atoms with Crippen molar-refractivity contribution in [1.29, 1.82) is 0 Å². The predicted octanol–water partition coefficient (Wildman–Crippen LogP) is 3.34. The summed E-state index contributed by atoms with van der Waals surface area (Å²) in [4.78, 5) is 12.6. The molecule has 1 aliphatic heterocycles. The first-order valence-corrected chi connectivity index (χ1v) is 7.38. The van der Waals surface area contributed by atoms with Crippen molar-refractivity contribution in [2.75, 3.05) is 6.61 Å². The number of carbonyl (C=O) groups is 1. The van der Waals surface area contributed by atoms with Gasteiger partial charge >= 0.3 is 0 Å². The van der Waals surface area contributed by atoms with Crippen LogP contribution in [-0.4, -0.2) is 18.0 Å². The van der Waals surface area contributed by atoms with Crippen LogP contribution in [0.25, 0.3) is 0 Å². The molecule has 2 nitrogen and oxygen atoms in total. The summed E-state index contributed by atoms with van der Waals surface area (Å²) >= 11 is 0. The summed E-state index contributed by atoms with van der Waals surface area (Å²) in [7, 11) is 0. The Bertz CT molecular complexity index is 306. The summed E-state index contributed by atoms with van der Waals surface area (Å²) in [6.45, 7) is 3.07. The number of ketones is 1. The van der Waals surface area contributed by atoms with E-state index in [1.807, 2.05) is 0 Å². The van der Waals surface area contributed by atoms with Gasteiger partial charge in [0.05, 0.1) is 5.60 Å². The van der Waals surface area contributed by atoms with Crippen molar-refractivity contribution in [2.45, 2.75) is 63.9 Å². The topological polar surface area (TPSA) is 26.3 Å². The van der Waals surface area contributed by atoms with E-state index < -0.39 is 0 Å². The molecular weight excluding hydrogens is 212 g/mol. The molecule has 0 aromatic rings. The summed E-state index contributed by atoms with van der Waals surface area (Å²) in [6.07, 6.45) is 9.33. The lowest BCUT2D eigenvalue weighted by molar-refractivity contribution is -0.158. The number of ether oxygens (including phenoxy) is 1. The Kier molecular flexibility index (Phi) is 3.02. The maximum absolute atomic E-state index is 12.6. The van der Waals surface area contributed by atoms with Gasteiger partial charge in [-0.3, -0.25) is 4.79 Å². The first-order chi connectivity index (χ1) is 8.20. The van der Waals surface area contributed by atoms with E-state index in [4.69, 9.17) is 4.74 Å². The van der Waals surface area contributed by atoms with Gasteiger partial charge in [0.25, 0.3) is 0 Å². The molecule has 17 heavy (non-hydrogen) atoms. The molecule has 1 saturated heterocycles. The van der Waals surface area contributed by atoms with Crippen LogP contribution in [0.15, 0.2) is 0 Å². The highest BCUT2D eigenvalue weighted by Crippen LogP contribution is 2.46. The minimum Gasteiger partial charge on any atom is -0.375 e. The maximum Gasteiger partial charge on any atom is 0.139 e. The Morgan fingerprint density at radius 3 is 2.59 bits per heavy atom. The number of hydrogen-bond donors (Lipinski definition) is 0. The molecule has 3 aliphatic rings. The van der Waals surface area contributed by atoms with E-state index in [1.165, 1.54) is 32.1 Å². The lowest BCUT2D eigenvalue weighted by Crippen LogP contribution is -2.47. The van der Waals surface area contributed by atoms with Crippen LogP contribution in [0.5, 0.6) is 0 Å². The van der Waals surface area contributed by atoms with Gasteiger partial charge in [0.15, 0.2) is 0 Å². The van der Waals surface area contributed by atoms with Crippen LogP contribution in [-0.2, 0) is 9.53 Å². The Hall–Kier alpha value is -0.370. The third-order valence-corrected chi connectivity index (χ3v) is 5.39. The van der Waals surface area contributed by atoms with Crippen molar-refractivity contribution in [1.82, 2.24) is 0 Å². The molecule has 2 heteroatoms. The molecule has 2 aliphatic carbocycles. The zero-order chi connectivity index (χ0) is 11.9. The minimum atomic E-state index is 0.125. The molecule has 0 bridgehead atoms. The maximum atomic E-state index is 12.6. The number of Topliss-reactive ketones (excluding diaryl/α,β-unsaturated/α-hetero) is 1. The third-order valence-electron chi connectivity index (χ3n) is 5.39. The fourth-order valence-corrected chi connectivity index (χ4v) is 4.06. The van der Waals surface area contributed by atoms with Gasteiger partial charge in [-0.25, -0.2) is 0 Å². The minimum absolute atomic E-state index is 0.125. The Morgan fingerprint density at radius 2 is 2.00 bits per heavy atom. The number of rotatable bonds is 2. The monoisotopic (exact) mass is 236 g/mol. The molecule has 0 aromatic carbocycles. The van der Waals surface area contributed by atoms with E-state index in [0.717, 1.165) is 25.9 Å². The second-order valence-electron chi connectivity index (χ2n) is 6.49. The van der Waals surface area contributed by atoms with Crippen LogP contribution >= 0.6 is 0 Å². The molecule has 3 unspecified atom stereocenters. The lowest BCUT2D eigenvalue weighted by Gasteiger charge is -2.47. The van der Waals surface area contributed by atoms with Gasteiger partial charge in [-0.05, 0) is 50.9 Å². The van der Waals surface area contributed by atoms with Gasteiger partial charge in [0.1, 0.15) is 5.78 Å². The summed E-state index contributed by atoms with van der Waals surface area (Å²) in [5, 5.41) is 0. The lowest BCUT2D eigenvalue weighted by atomic mass is 9.69. The standard InChI is InChI=1S/C15H24O2/c1-11-4-2-5-13(11)14(16)12-6-9-17-15(10-12)7-3-8-15/h11-13H,2-10H2,1H3. The largest absolute Gasteiger partial charge is 0.375 e. The van der Waals surface area contributed by atoms with Gasteiger partial charge < -0.3 is 4.74 Å². The zero-order valence-corrected chi connectivity index (χ0v) is 10.9. The van der Waals surface area contributed by atoms with Gasteiger partial charge in [-0.2, -0.15) is 0 Å².